The molecule has 0 fully saturated rings. The summed E-state index contributed by atoms with van der Waals surface area (Å²) in [7, 11) is -3.33. The summed E-state index contributed by atoms with van der Waals surface area (Å²) in [4.78, 5) is 77.2. The molecule has 5 aromatic rings. The van der Waals surface area contributed by atoms with Crippen molar-refractivity contribution in [3.05, 3.63) is 125 Å². The van der Waals surface area contributed by atoms with E-state index in [2.05, 4.69) is 0 Å². The number of fused-ring (bicyclic) bond motifs is 6. The van der Waals surface area contributed by atoms with Crippen LogP contribution >= 0.6 is 19.9 Å². The van der Waals surface area contributed by atoms with Crippen molar-refractivity contribution in [2.24, 2.45) is 0 Å². The molecule has 0 bridgehead atoms. The van der Waals surface area contributed by atoms with E-state index in [0.717, 1.165) is 21.4 Å². The minimum absolute atomic E-state index is 0.0473. The Morgan fingerprint density at radius 1 is 0.823 bits per heavy atom. The molecule has 316 valence electrons. The monoisotopic (exact) mass is 877 g/mol. The number of amides is 4. The number of aliphatic hydroxyl groups is 1. The Bertz CT molecular complexity index is 2790. The van der Waals surface area contributed by atoms with Crippen LogP contribution in [-0.2, 0) is 35.0 Å². The standard InChI is InChI=1S/C45H37ClN3O12P/c46-24-28-25-49(35-23-37(60-45(56)44(54)55)32-7-3-4-8-33(32)43(28)35)42(53)13-10-26-9-11-27(36(21-26)59-20-19-48-40(51)15-16-41(48)52)12-14-39(50)47-18-17-30-29-5-1-2-6-31(29)38(22-34(30)47)61-62(57)58/h1-16,21-23,28,45,56,62H,17-20,24-25H2,(H,54,55)(H,57,58)/b13-10+,14-12+/t28-,45?/m1/s1. The van der Waals surface area contributed by atoms with Gasteiger partial charge in [-0.1, -0.05) is 60.7 Å². The zero-order valence-corrected chi connectivity index (χ0v) is 34.4. The molecule has 3 N–H and O–H groups in total. The molecule has 0 saturated carbocycles. The van der Waals surface area contributed by atoms with Crippen LogP contribution in [0.5, 0.6) is 17.2 Å². The number of carboxylic acid groups (broad SMARTS) is 1. The SMILES string of the molecule is O=C(O)C(O)Oc1cc2c(c3ccccc13)[C@H](CCl)CN2C(=O)/C=C/c1ccc(/C=C/C(=O)N2CCc3c2cc(O[PH](=O)O)c2ccccc32)c(OCCN2C(=O)C=CC2=O)c1. The molecule has 4 amide bonds. The summed E-state index contributed by atoms with van der Waals surface area (Å²) in [5.74, 6) is -2.84. The van der Waals surface area contributed by atoms with Gasteiger partial charge in [-0.05, 0) is 52.1 Å². The van der Waals surface area contributed by atoms with Crippen LogP contribution in [0.3, 0.4) is 0 Å². The number of benzene rings is 5. The van der Waals surface area contributed by atoms with E-state index in [1.54, 1.807) is 71.6 Å². The third kappa shape index (κ3) is 8.30. The van der Waals surface area contributed by atoms with Crippen molar-refractivity contribution in [3.8, 4) is 17.2 Å². The van der Waals surface area contributed by atoms with Gasteiger partial charge in [-0.2, -0.15) is 0 Å². The van der Waals surface area contributed by atoms with Crippen LogP contribution in [0.25, 0.3) is 33.7 Å². The lowest BCUT2D eigenvalue weighted by molar-refractivity contribution is -0.161. The highest BCUT2D eigenvalue weighted by Gasteiger charge is 2.35. The zero-order valence-electron chi connectivity index (χ0n) is 32.6. The first-order valence-electron chi connectivity index (χ1n) is 19.4. The highest BCUT2D eigenvalue weighted by Crippen LogP contribution is 2.46. The molecule has 0 radical (unpaired) electrons. The van der Waals surface area contributed by atoms with Crippen molar-refractivity contribution in [1.29, 1.82) is 0 Å². The minimum atomic E-state index is -3.33. The van der Waals surface area contributed by atoms with Gasteiger partial charge >= 0.3 is 14.2 Å². The first-order valence-corrected chi connectivity index (χ1v) is 21.2. The fourth-order valence-corrected chi connectivity index (χ4v) is 8.59. The van der Waals surface area contributed by atoms with Gasteiger partial charge in [0.2, 0.25) is 0 Å². The van der Waals surface area contributed by atoms with Gasteiger partial charge in [0.1, 0.15) is 23.9 Å². The summed E-state index contributed by atoms with van der Waals surface area (Å²) in [6, 6.07) is 22.5. The van der Waals surface area contributed by atoms with Gasteiger partial charge in [0.25, 0.3) is 29.9 Å². The third-order valence-corrected chi connectivity index (χ3v) is 11.6. The lowest BCUT2D eigenvalue weighted by Gasteiger charge is -2.19. The smallest absolute Gasteiger partial charge is 0.373 e. The van der Waals surface area contributed by atoms with E-state index in [9.17, 15) is 43.6 Å². The largest absolute Gasteiger partial charge is 0.491 e. The minimum Gasteiger partial charge on any atom is -0.491 e. The number of alkyl halides is 1. The summed E-state index contributed by atoms with van der Waals surface area (Å²) in [6.45, 7) is 0.451. The second-order valence-corrected chi connectivity index (χ2v) is 15.5. The van der Waals surface area contributed by atoms with Gasteiger partial charge < -0.3 is 38.9 Å². The van der Waals surface area contributed by atoms with E-state index in [1.165, 1.54) is 35.3 Å². The van der Waals surface area contributed by atoms with E-state index < -0.39 is 38.2 Å². The average Bonchev–Trinajstić information content (AvgIpc) is 3.96. The Hall–Kier alpha value is -6.77. The van der Waals surface area contributed by atoms with E-state index in [0.29, 0.717) is 51.6 Å². The molecule has 3 aliphatic heterocycles. The van der Waals surface area contributed by atoms with E-state index >= 15 is 0 Å². The maximum absolute atomic E-state index is 13.9. The first-order chi connectivity index (χ1) is 29.9. The van der Waals surface area contributed by atoms with Crippen LogP contribution in [0.2, 0.25) is 0 Å². The number of ether oxygens (including phenoxy) is 2. The quantitative estimate of drug-likeness (QED) is 0.0398. The fraction of sp³-hybridized carbons (Fsp3) is 0.178. The molecule has 0 aliphatic carbocycles. The molecule has 0 saturated heterocycles. The Labute approximate surface area is 359 Å². The van der Waals surface area contributed by atoms with Gasteiger partial charge in [0.05, 0.1) is 17.9 Å². The van der Waals surface area contributed by atoms with Crippen molar-refractivity contribution in [2.75, 3.05) is 41.9 Å². The van der Waals surface area contributed by atoms with Crippen molar-refractivity contribution >= 4 is 94.5 Å². The van der Waals surface area contributed by atoms with Gasteiger partial charge in [-0.15, -0.1) is 11.6 Å². The molecule has 3 atom stereocenters. The van der Waals surface area contributed by atoms with E-state index in [-0.39, 0.29) is 54.7 Å². The maximum Gasteiger partial charge on any atom is 0.373 e. The number of carbonyl (C=O) groups excluding carboxylic acids is 4. The van der Waals surface area contributed by atoms with Gasteiger partial charge in [-0.3, -0.25) is 24.1 Å². The molecule has 15 nitrogen and oxygen atoms in total. The van der Waals surface area contributed by atoms with Crippen LogP contribution < -0.4 is 23.8 Å². The summed E-state index contributed by atoms with van der Waals surface area (Å²) >= 11 is 6.41. The van der Waals surface area contributed by atoms with Crippen molar-refractivity contribution < 1.29 is 57.6 Å². The zero-order chi connectivity index (χ0) is 43.7. The number of imide groups is 1. The number of nitrogens with zero attached hydrogens (tertiary/aromatic N) is 3. The Morgan fingerprint density at radius 2 is 1.47 bits per heavy atom. The molecule has 17 heteroatoms. The first kappa shape index (κ1) is 41.9. The highest BCUT2D eigenvalue weighted by atomic mass is 35.5. The fourth-order valence-electron chi connectivity index (χ4n) is 7.98. The van der Waals surface area contributed by atoms with Crippen molar-refractivity contribution in [3.63, 3.8) is 0 Å². The molecular weight excluding hydrogens is 841 g/mol. The number of hydrogen-bond acceptors (Lipinski definition) is 10. The molecule has 5 aromatic carbocycles. The predicted octanol–water partition coefficient (Wildman–Crippen LogP) is 5.82. The Balaban J connectivity index is 1.07. The van der Waals surface area contributed by atoms with Gasteiger partial charge in [0.15, 0.2) is 0 Å². The van der Waals surface area contributed by atoms with Gasteiger partial charge in [-0.25, -0.2) is 9.36 Å². The number of aliphatic carboxylic acids is 1. The molecule has 0 spiro atoms. The molecule has 3 heterocycles. The number of rotatable bonds is 14. The number of anilines is 2. The van der Waals surface area contributed by atoms with Crippen molar-refractivity contribution in [1.82, 2.24) is 4.90 Å². The Kier molecular flexibility index (Phi) is 12.0. The second kappa shape index (κ2) is 17.7. The molecule has 62 heavy (non-hydrogen) atoms. The Morgan fingerprint density at radius 3 is 2.16 bits per heavy atom. The summed E-state index contributed by atoms with van der Waals surface area (Å²) in [5, 5.41) is 22.0. The maximum atomic E-state index is 13.9. The molecule has 8 rings (SSSR count). The topological polar surface area (TPSA) is 201 Å². The van der Waals surface area contributed by atoms with Crippen molar-refractivity contribution in [2.45, 2.75) is 18.6 Å². The molecule has 3 aliphatic rings. The average molecular weight is 878 g/mol. The number of aliphatic hydroxyl groups excluding tert-OH is 1. The van der Waals surface area contributed by atoms with E-state index in [1.807, 2.05) is 18.2 Å². The number of halogens is 1. The summed E-state index contributed by atoms with van der Waals surface area (Å²) < 4.78 is 28.5. The molecule has 2 unspecified atom stereocenters. The normalized spacial score (nSPS) is 16.8. The van der Waals surface area contributed by atoms with Crippen LogP contribution in [0.15, 0.2) is 103 Å². The van der Waals surface area contributed by atoms with Crippen LogP contribution in [0, 0.1) is 0 Å². The van der Waals surface area contributed by atoms with Crippen LogP contribution in [0.1, 0.15) is 28.2 Å². The number of carboxylic acids is 1. The van der Waals surface area contributed by atoms with Gasteiger partial charge in [0, 0.05) is 77.7 Å². The van der Waals surface area contributed by atoms with Crippen LogP contribution in [0.4, 0.5) is 11.4 Å². The van der Waals surface area contributed by atoms with E-state index in [4.69, 9.17) is 25.6 Å². The van der Waals surface area contributed by atoms with Crippen LogP contribution in [-0.4, -0.2) is 88.0 Å². The summed E-state index contributed by atoms with van der Waals surface area (Å²) in [5.41, 5.74) is 3.69. The summed E-state index contributed by atoms with van der Waals surface area (Å²) in [6.07, 6.45) is 6.61. The second-order valence-electron chi connectivity index (χ2n) is 14.5. The third-order valence-electron chi connectivity index (χ3n) is 10.8. The number of carbonyl (C=O) groups is 5. The lowest BCUT2D eigenvalue weighted by Crippen LogP contribution is -2.33. The molecular formula is C45H37ClN3O12P. The number of hydrogen-bond donors (Lipinski definition) is 3. The molecule has 0 aromatic heterocycles. The predicted molar refractivity (Wildman–Crippen MR) is 232 cm³/mol. The highest BCUT2D eigenvalue weighted by molar-refractivity contribution is 7.32. The lowest BCUT2D eigenvalue weighted by atomic mass is 9.95.